The molecule has 172 valence electrons. The van der Waals surface area contributed by atoms with Crippen molar-refractivity contribution < 1.29 is 19.1 Å². The lowest BCUT2D eigenvalue weighted by molar-refractivity contribution is -0.139. The molecule has 1 aromatic carbocycles. The number of aryl methyl sites for hydroxylation is 1. The maximum Gasteiger partial charge on any atom is 0.276 e. The molecular formula is C22H28ClN5O4. The van der Waals surface area contributed by atoms with Crippen molar-refractivity contribution in [2.75, 3.05) is 39.4 Å². The third-order valence-corrected chi connectivity index (χ3v) is 6.20. The molecule has 0 bridgehead atoms. The number of carbonyl (C=O) groups excluding carboxylic acids is 2. The standard InChI is InChI=1S/C22H28ClN5O4/c1-15-13-17(23)3-4-20(15)32-16(2)21(29)26-7-5-18(6-8-26)28-14-19(24-25-28)22(30)27-9-11-31-12-10-27/h3-4,13-14,16,18H,5-12H2,1-2H3. The Balaban J connectivity index is 1.30. The molecule has 32 heavy (non-hydrogen) atoms. The Morgan fingerprint density at radius 3 is 2.56 bits per heavy atom. The minimum atomic E-state index is -0.587. The predicted octanol–water partition coefficient (Wildman–Crippen LogP) is 2.34. The first-order valence-corrected chi connectivity index (χ1v) is 11.3. The summed E-state index contributed by atoms with van der Waals surface area (Å²) >= 11 is 5.99. The van der Waals surface area contributed by atoms with Crippen LogP contribution in [0.3, 0.4) is 0 Å². The van der Waals surface area contributed by atoms with E-state index < -0.39 is 6.10 Å². The van der Waals surface area contributed by atoms with Crippen LogP contribution in [0.5, 0.6) is 5.75 Å². The summed E-state index contributed by atoms with van der Waals surface area (Å²) in [4.78, 5) is 29.0. The summed E-state index contributed by atoms with van der Waals surface area (Å²) in [5.41, 5.74) is 1.25. The smallest absolute Gasteiger partial charge is 0.276 e. The van der Waals surface area contributed by atoms with Crippen LogP contribution in [0.4, 0.5) is 0 Å². The SMILES string of the molecule is Cc1cc(Cl)ccc1OC(C)C(=O)N1CCC(n2cc(C(=O)N3CCOCC3)nn2)CC1. The molecule has 2 aliphatic rings. The van der Waals surface area contributed by atoms with Crippen LogP contribution < -0.4 is 4.74 Å². The van der Waals surface area contributed by atoms with E-state index in [0.29, 0.717) is 55.9 Å². The second-order valence-corrected chi connectivity index (χ2v) is 8.65. The van der Waals surface area contributed by atoms with Gasteiger partial charge >= 0.3 is 0 Å². The number of benzene rings is 1. The quantitative estimate of drug-likeness (QED) is 0.679. The molecule has 1 aromatic heterocycles. The molecule has 2 fully saturated rings. The maximum atomic E-state index is 12.9. The van der Waals surface area contributed by atoms with Crippen LogP contribution in [0, 0.1) is 6.92 Å². The number of morpholine rings is 1. The summed E-state index contributed by atoms with van der Waals surface area (Å²) in [5.74, 6) is 0.500. The summed E-state index contributed by atoms with van der Waals surface area (Å²) in [6.45, 7) is 7.11. The van der Waals surface area contributed by atoms with Crippen molar-refractivity contribution in [1.82, 2.24) is 24.8 Å². The Bertz CT molecular complexity index is 967. The number of likely N-dealkylation sites (tertiary alicyclic amines) is 1. The van der Waals surface area contributed by atoms with Gasteiger partial charge in [0.05, 0.1) is 25.5 Å². The molecule has 2 saturated heterocycles. The average Bonchev–Trinajstić information content (AvgIpc) is 3.31. The van der Waals surface area contributed by atoms with Crippen molar-refractivity contribution in [3.05, 3.63) is 40.7 Å². The van der Waals surface area contributed by atoms with Gasteiger partial charge in [0.2, 0.25) is 0 Å². The van der Waals surface area contributed by atoms with Crippen LogP contribution in [-0.4, -0.2) is 82.1 Å². The van der Waals surface area contributed by atoms with Crippen LogP contribution in [0.2, 0.25) is 5.02 Å². The van der Waals surface area contributed by atoms with Crippen LogP contribution in [0.1, 0.15) is 41.9 Å². The molecule has 0 N–H and O–H groups in total. The van der Waals surface area contributed by atoms with Gasteiger partial charge in [0.1, 0.15) is 5.75 Å². The highest BCUT2D eigenvalue weighted by Gasteiger charge is 2.29. The number of rotatable bonds is 5. The molecule has 2 aromatic rings. The molecular weight excluding hydrogens is 434 g/mol. The second kappa shape index (κ2) is 9.87. The Morgan fingerprint density at radius 1 is 1.16 bits per heavy atom. The van der Waals surface area contributed by atoms with Gasteiger partial charge in [-0.05, 0) is 50.5 Å². The fourth-order valence-electron chi connectivity index (χ4n) is 4.08. The van der Waals surface area contributed by atoms with Crippen molar-refractivity contribution in [3.8, 4) is 5.75 Å². The largest absolute Gasteiger partial charge is 0.481 e. The molecule has 0 saturated carbocycles. The monoisotopic (exact) mass is 461 g/mol. The van der Waals surface area contributed by atoms with E-state index in [-0.39, 0.29) is 17.9 Å². The van der Waals surface area contributed by atoms with Gasteiger partial charge in [0.15, 0.2) is 11.8 Å². The van der Waals surface area contributed by atoms with Gasteiger partial charge in [-0.1, -0.05) is 16.8 Å². The van der Waals surface area contributed by atoms with E-state index in [1.807, 2.05) is 17.9 Å². The average molecular weight is 462 g/mol. The molecule has 0 spiro atoms. The van der Waals surface area contributed by atoms with Gasteiger partial charge in [-0.2, -0.15) is 0 Å². The molecule has 0 aliphatic carbocycles. The number of nitrogens with zero attached hydrogens (tertiary/aromatic N) is 5. The Kier molecular flexibility index (Phi) is 6.95. The van der Waals surface area contributed by atoms with Gasteiger partial charge in [-0.15, -0.1) is 5.10 Å². The number of piperidine rings is 1. The Hall–Kier alpha value is -2.65. The van der Waals surface area contributed by atoms with Gasteiger partial charge < -0.3 is 19.3 Å². The van der Waals surface area contributed by atoms with E-state index in [1.54, 1.807) is 34.8 Å². The topological polar surface area (TPSA) is 89.8 Å². The van der Waals surface area contributed by atoms with E-state index in [9.17, 15) is 9.59 Å². The first kappa shape index (κ1) is 22.5. The van der Waals surface area contributed by atoms with Crippen molar-refractivity contribution in [3.63, 3.8) is 0 Å². The minimum Gasteiger partial charge on any atom is -0.481 e. The van der Waals surface area contributed by atoms with Crippen LogP contribution >= 0.6 is 11.6 Å². The number of hydrogen-bond donors (Lipinski definition) is 0. The van der Waals surface area contributed by atoms with Gasteiger partial charge in [0.25, 0.3) is 11.8 Å². The third-order valence-electron chi connectivity index (χ3n) is 5.97. The predicted molar refractivity (Wildman–Crippen MR) is 118 cm³/mol. The number of carbonyl (C=O) groups is 2. The first-order chi connectivity index (χ1) is 15.4. The Labute approximate surface area is 192 Å². The maximum absolute atomic E-state index is 12.9. The summed E-state index contributed by atoms with van der Waals surface area (Å²) in [5, 5.41) is 8.90. The molecule has 9 nitrogen and oxygen atoms in total. The summed E-state index contributed by atoms with van der Waals surface area (Å²) in [6.07, 6.45) is 2.62. The van der Waals surface area contributed by atoms with Gasteiger partial charge in [-0.25, -0.2) is 4.68 Å². The highest BCUT2D eigenvalue weighted by molar-refractivity contribution is 6.30. The van der Waals surface area contributed by atoms with Crippen LogP contribution in [-0.2, 0) is 9.53 Å². The highest BCUT2D eigenvalue weighted by Crippen LogP contribution is 2.25. The lowest BCUT2D eigenvalue weighted by Crippen LogP contribution is -2.45. The van der Waals surface area contributed by atoms with Crippen molar-refractivity contribution in [2.24, 2.45) is 0 Å². The zero-order valence-electron chi connectivity index (χ0n) is 18.4. The van der Waals surface area contributed by atoms with E-state index >= 15 is 0 Å². The molecule has 2 amide bonds. The molecule has 10 heteroatoms. The van der Waals surface area contributed by atoms with Crippen LogP contribution in [0.25, 0.3) is 0 Å². The van der Waals surface area contributed by atoms with E-state index in [1.165, 1.54) is 0 Å². The third kappa shape index (κ3) is 5.05. The molecule has 1 atom stereocenters. The van der Waals surface area contributed by atoms with E-state index in [2.05, 4.69) is 10.3 Å². The molecule has 4 rings (SSSR count). The second-order valence-electron chi connectivity index (χ2n) is 8.21. The number of ether oxygens (including phenoxy) is 2. The van der Waals surface area contributed by atoms with E-state index in [0.717, 1.165) is 18.4 Å². The highest BCUT2D eigenvalue weighted by atomic mass is 35.5. The summed E-state index contributed by atoms with van der Waals surface area (Å²) in [6, 6.07) is 5.46. The zero-order valence-corrected chi connectivity index (χ0v) is 19.1. The molecule has 0 radical (unpaired) electrons. The fraction of sp³-hybridized carbons (Fsp3) is 0.545. The summed E-state index contributed by atoms with van der Waals surface area (Å²) in [7, 11) is 0. The Morgan fingerprint density at radius 2 is 1.88 bits per heavy atom. The molecule has 2 aliphatic heterocycles. The lowest BCUT2D eigenvalue weighted by Gasteiger charge is -2.33. The van der Waals surface area contributed by atoms with Gasteiger partial charge in [0, 0.05) is 31.2 Å². The van der Waals surface area contributed by atoms with Crippen LogP contribution in [0.15, 0.2) is 24.4 Å². The lowest BCUT2D eigenvalue weighted by atomic mass is 10.0. The minimum absolute atomic E-state index is 0.0421. The zero-order chi connectivity index (χ0) is 22.7. The first-order valence-electron chi connectivity index (χ1n) is 10.9. The van der Waals surface area contributed by atoms with E-state index in [4.69, 9.17) is 21.1 Å². The summed E-state index contributed by atoms with van der Waals surface area (Å²) < 4.78 is 12.9. The fourth-order valence-corrected chi connectivity index (χ4v) is 4.30. The molecule has 1 unspecified atom stereocenters. The normalized spacial score (nSPS) is 18.5. The molecule has 3 heterocycles. The van der Waals surface area contributed by atoms with Crippen molar-refractivity contribution in [1.29, 1.82) is 0 Å². The van der Waals surface area contributed by atoms with Gasteiger partial charge in [-0.3, -0.25) is 9.59 Å². The number of aromatic nitrogens is 3. The van der Waals surface area contributed by atoms with Crippen molar-refractivity contribution in [2.45, 2.75) is 38.8 Å². The number of amides is 2. The van der Waals surface area contributed by atoms with Crippen molar-refractivity contribution >= 4 is 23.4 Å². The number of halogens is 1. The number of hydrogen-bond acceptors (Lipinski definition) is 6.